The summed E-state index contributed by atoms with van der Waals surface area (Å²) in [5.74, 6) is -1.27. The molecule has 1 saturated heterocycles. The number of aliphatic carboxylic acids is 1. The van der Waals surface area contributed by atoms with E-state index in [0.29, 0.717) is 12.8 Å². The number of amides is 1. The molecule has 1 aliphatic rings. The highest BCUT2D eigenvalue weighted by molar-refractivity contribution is 5.84. The third kappa shape index (κ3) is 4.57. The van der Waals surface area contributed by atoms with Crippen LogP contribution < -0.4 is 5.32 Å². The molecule has 0 saturated carbocycles. The number of carbonyl (C=O) groups is 3. The molecular weight excluding hydrogens is 304 g/mol. The molecule has 1 unspecified atom stereocenters. The number of nitrogens with one attached hydrogen (secondary N) is 1. The summed E-state index contributed by atoms with van der Waals surface area (Å²) >= 11 is 0. The summed E-state index contributed by atoms with van der Waals surface area (Å²) in [5, 5.41) is 21.8. The van der Waals surface area contributed by atoms with E-state index >= 15 is 0 Å². The van der Waals surface area contributed by atoms with Gasteiger partial charge < -0.3 is 20.3 Å². The molecule has 0 spiro atoms. The molecular formula is C15H26N2O6. The van der Waals surface area contributed by atoms with Gasteiger partial charge in [0.15, 0.2) is 0 Å². The van der Waals surface area contributed by atoms with Gasteiger partial charge in [0.2, 0.25) is 0 Å². The molecule has 8 nitrogen and oxygen atoms in total. The number of carboxylic acid groups (broad SMARTS) is 2. The van der Waals surface area contributed by atoms with Crippen molar-refractivity contribution in [1.29, 1.82) is 0 Å². The van der Waals surface area contributed by atoms with Crippen LogP contribution in [0, 0.1) is 5.92 Å². The van der Waals surface area contributed by atoms with Gasteiger partial charge in [0, 0.05) is 6.54 Å². The van der Waals surface area contributed by atoms with Crippen LogP contribution in [0.15, 0.2) is 0 Å². The summed E-state index contributed by atoms with van der Waals surface area (Å²) in [4.78, 5) is 35.7. The molecule has 0 radical (unpaired) electrons. The maximum atomic E-state index is 11.8. The quantitative estimate of drug-likeness (QED) is 0.572. The molecule has 1 rings (SSSR count). The standard InChI is InChI=1S/C15H26N2O6/c1-10(2)9-11(12(18)23-3)16-7-6-15(13(19)20)5-4-8-17(15)14(21)22/h10-11,16H,4-9H2,1-3H3,(H,19,20)(H,21,22)/t11?,15-/m1/s1. The zero-order chi connectivity index (χ0) is 17.6. The van der Waals surface area contributed by atoms with Gasteiger partial charge in [0.05, 0.1) is 7.11 Å². The van der Waals surface area contributed by atoms with Crippen LogP contribution in [0.2, 0.25) is 0 Å². The lowest BCUT2D eigenvalue weighted by molar-refractivity contribution is -0.149. The minimum absolute atomic E-state index is 0.111. The van der Waals surface area contributed by atoms with E-state index in [0.717, 1.165) is 4.90 Å². The minimum atomic E-state index is -1.42. The maximum Gasteiger partial charge on any atom is 0.408 e. The Morgan fingerprint density at radius 1 is 1.30 bits per heavy atom. The summed E-state index contributed by atoms with van der Waals surface area (Å²) < 4.78 is 4.75. The van der Waals surface area contributed by atoms with Crippen molar-refractivity contribution in [3.63, 3.8) is 0 Å². The van der Waals surface area contributed by atoms with Gasteiger partial charge >= 0.3 is 18.0 Å². The number of carboxylic acids is 1. The molecule has 1 aliphatic heterocycles. The van der Waals surface area contributed by atoms with Crippen molar-refractivity contribution in [3.05, 3.63) is 0 Å². The predicted octanol–water partition coefficient (Wildman–Crippen LogP) is 1.15. The summed E-state index contributed by atoms with van der Waals surface area (Å²) in [6.07, 6.45) is 0.251. The molecule has 8 heteroatoms. The molecule has 0 aromatic carbocycles. The number of carbonyl (C=O) groups excluding carboxylic acids is 1. The first-order valence-electron chi connectivity index (χ1n) is 7.79. The van der Waals surface area contributed by atoms with Crippen LogP contribution in [0.25, 0.3) is 0 Å². The molecule has 23 heavy (non-hydrogen) atoms. The van der Waals surface area contributed by atoms with E-state index in [-0.39, 0.29) is 31.8 Å². The van der Waals surface area contributed by atoms with Crippen molar-refractivity contribution >= 4 is 18.0 Å². The molecule has 2 atom stereocenters. The number of hydrogen-bond acceptors (Lipinski definition) is 5. The van der Waals surface area contributed by atoms with E-state index in [1.165, 1.54) is 7.11 Å². The lowest BCUT2D eigenvalue weighted by atomic mass is 9.92. The highest BCUT2D eigenvalue weighted by Gasteiger charge is 2.49. The monoisotopic (exact) mass is 330 g/mol. The third-order valence-electron chi connectivity index (χ3n) is 4.24. The normalized spacial score (nSPS) is 22.2. The van der Waals surface area contributed by atoms with Crippen molar-refractivity contribution in [2.45, 2.75) is 51.1 Å². The molecule has 0 aromatic heterocycles. The van der Waals surface area contributed by atoms with Crippen LogP contribution in [0.3, 0.4) is 0 Å². The van der Waals surface area contributed by atoms with Gasteiger partial charge in [-0.25, -0.2) is 9.59 Å². The second-order valence-corrected chi connectivity index (χ2v) is 6.28. The molecule has 0 aliphatic carbocycles. The molecule has 1 amide bonds. The number of hydrogen-bond donors (Lipinski definition) is 3. The van der Waals surface area contributed by atoms with E-state index in [9.17, 15) is 24.6 Å². The summed E-state index contributed by atoms with van der Waals surface area (Å²) in [5.41, 5.74) is -1.42. The zero-order valence-corrected chi connectivity index (χ0v) is 13.9. The van der Waals surface area contributed by atoms with E-state index in [2.05, 4.69) is 5.32 Å². The summed E-state index contributed by atoms with van der Waals surface area (Å²) in [6, 6.07) is -0.523. The van der Waals surface area contributed by atoms with E-state index in [1.807, 2.05) is 13.8 Å². The van der Waals surface area contributed by atoms with Gasteiger partial charge in [0.25, 0.3) is 0 Å². The van der Waals surface area contributed by atoms with Gasteiger partial charge in [-0.15, -0.1) is 0 Å². The number of nitrogens with zero attached hydrogens (tertiary/aromatic N) is 1. The highest BCUT2D eigenvalue weighted by atomic mass is 16.5. The maximum absolute atomic E-state index is 11.8. The van der Waals surface area contributed by atoms with Gasteiger partial charge in [0.1, 0.15) is 11.6 Å². The Bertz CT molecular complexity index is 453. The van der Waals surface area contributed by atoms with Crippen LogP contribution >= 0.6 is 0 Å². The molecule has 0 bridgehead atoms. The fraction of sp³-hybridized carbons (Fsp3) is 0.800. The summed E-state index contributed by atoms with van der Waals surface area (Å²) in [6.45, 7) is 4.38. The van der Waals surface area contributed by atoms with Crippen molar-refractivity contribution in [1.82, 2.24) is 10.2 Å². The molecule has 1 heterocycles. The number of esters is 1. The van der Waals surface area contributed by atoms with E-state index in [4.69, 9.17) is 4.74 Å². The Hall–Kier alpha value is -1.83. The second-order valence-electron chi connectivity index (χ2n) is 6.28. The van der Waals surface area contributed by atoms with Crippen molar-refractivity contribution in [2.75, 3.05) is 20.2 Å². The number of methoxy groups -OCH3 is 1. The van der Waals surface area contributed by atoms with Crippen molar-refractivity contribution in [2.24, 2.45) is 5.92 Å². The first-order chi connectivity index (χ1) is 10.7. The molecule has 1 fully saturated rings. The summed E-state index contributed by atoms with van der Waals surface area (Å²) in [7, 11) is 1.30. The Labute approximate surface area is 135 Å². The first-order valence-corrected chi connectivity index (χ1v) is 7.79. The number of likely N-dealkylation sites (tertiary alicyclic amines) is 1. The average Bonchev–Trinajstić information content (AvgIpc) is 2.90. The minimum Gasteiger partial charge on any atom is -0.479 e. The topological polar surface area (TPSA) is 116 Å². The SMILES string of the molecule is COC(=O)C(CC(C)C)NCC[C@@]1(C(=O)O)CCCN1C(=O)O. The van der Waals surface area contributed by atoms with Crippen LogP contribution in [0.5, 0.6) is 0 Å². The second kappa shape index (κ2) is 8.14. The predicted molar refractivity (Wildman–Crippen MR) is 82.2 cm³/mol. The Morgan fingerprint density at radius 3 is 2.43 bits per heavy atom. The molecule has 3 N–H and O–H groups in total. The smallest absolute Gasteiger partial charge is 0.408 e. The van der Waals surface area contributed by atoms with Gasteiger partial charge in [-0.2, -0.15) is 0 Å². The van der Waals surface area contributed by atoms with Crippen LogP contribution in [-0.4, -0.2) is 64.9 Å². The Kier molecular flexibility index (Phi) is 6.80. The van der Waals surface area contributed by atoms with Crippen LogP contribution in [0.4, 0.5) is 4.79 Å². The largest absolute Gasteiger partial charge is 0.479 e. The fourth-order valence-corrected chi connectivity index (χ4v) is 3.08. The highest BCUT2D eigenvalue weighted by Crippen LogP contribution is 2.32. The lowest BCUT2D eigenvalue weighted by Crippen LogP contribution is -2.54. The van der Waals surface area contributed by atoms with Crippen molar-refractivity contribution in [3.8, 4) is 0 Å². The van der Waals surface area contributed by atoms with Crippen molar-refractivity contribution < 1.29 is 29.3 Å². The molecule has 132 valence electrons. The van der Waals surface area contributed by atoms with E-state index in [1.54, 1.807) is 0 Å². The molecule has 0 aromatic rings. The average molecular weight is 330 g/mol. The first kappa shape index (κ1) is 19.2. The van der Waals surface area contributed by atoms with Crippen LogP contribution in [-0.2, 0) is 14.3 Å². The fourth-order valence-electron chi connectivity index (χ4n) is 3.08. The van der Waals surface area contributed by atoms with Gasteiger partial charge in [-0.3, -0.25) is 9.69 Å². The Morgan fingerprint density at radius 2 is 1.96 bits per heavy atom. The van der Waals surface area contributed by atoms with Gasteiger partial charge in [-0.05, 0) is 38.1 Å². The number of ether oxygens (including phenoxy) is 1. The van der Waals surface area contributed by atoms with Crippen LogP contribution in [0.1, 0.15) is 39.5 Å². The van der Waals surface area contributed by atoms with E-state index < -0.39 is 29.6 Å². The lowest BCUT2D eigenvalue weighted by Gasteiger charge is -2.33. The Balaban J connectivity index is 2.73. The van der Waals surface area contributed by atoms with Gasteiger partial charge in [-0.1, -0.05) is 13.8 Å². The zero-order valence-electron chi connectivity index (χ0n) is 13.9. The number of rotatable bonds is 8. The third-order valence-corrected chi connectivity index (χ3v) is 4.24.